The van der Waals surface area contributed by atoms with Gasteiger partial charge in [-0.1, -0.05) is 0 Å². The number of carbonyl (C=O) groups is 1. The van der Waals surface area contributed by atoms with Crippen molar-refractivity contribution >= 4 is 11.7 Å². The lowest BCUT2D eigenvalue weighted by Crippen LogP contribution is -1.98. The maximum Gasteiger partial charge on any atom is 0.338 e. The molecule has 1 aromatic carbocycles. The standard InChI is InChI=1S/C11H9N3O4/c1-7-2-9(4-10(3-7)14(17)18)13-6-8(5-12-13)11(15)16/h2-6H,1H3,(H,15,16). The lowest BCUT2D eigenvalue weighted by Gasteiger charge is -2.02. The van der Waals surface area contributed by atoms with Crippen LogP contribution in [0.15, 0.2) is 30.6 Å². The van der Waals surface area contributed by atoms with Gasteiger partial charge >= 0.3 is 5.97 Å². The number of non-ortho nitro benzene ring substituents is 1. The molecule has 1 N–H and O–H groups in total. The van der Waals surface area contributed by atoms with E-state index in [1.165, 1.54) is 29.2 Å². The quantitative estimate of drug-likeness (QED) is 0.658. The summed E-state index contributed by atoms with van der Waals surface area (Å²) in [7, 11) is 0. The fraction of sp³-hybridized carbons (Fsp3) is 0.0909. The number of hydrogen-bond donors (Lipinski definition) is 1. The largest absolute Gasteiger partial charge is 0.478 e. The summed E-state index contributed by atoms with van der Waals surface area (Å²) in [4.78, 5) is 21.0. The van der Waals surface area contributed by atoms with Crippen molar-refractivity contribution in [3.63, 3.8) is 0 Å². The molecule has 0 aliphatic heterocycles. The molecule has 2 aromatic rings. The van der Waals surface area contributed by atoms with Crippen molar-refractivity contribution in [1.82, 2.24) is 9.78 Å². The average molecular weight is 247 g/mol. The molecule has 0 radical (unpaired) electrons. The molecule has 0 fully saturated rings. The molecule has 0 saturated carbocycles. The molecule has 7 nitrogen and oxygen atoms in total. The Morgan fingerprint density at radius 2 is 2.17 bits per heavy atom. The SMILES string of the molecule is Cc1cc(-n2cc(C(=O)O)cn2)cc([N+](=O)[O-])c1. The van der Waals surface area contributed by atoms with Gasteiger partial charge in [0, 0.05) is 18.3 Å². The molecule has 2 rings (SSSR count). The van der Waals surface area contributed by atoms with Crippen LogP contribution in [0.3, 0.4) is 0 Å². The topological polar surface area (TPSA) is 98.3 Å². The highest BCUT2D eigenvalue weighted by molar-refractivity contribution is 5.87. The Kier molecular flexibility index (Phi) is 2.80. The van der Waals surface area contributed by atoms with Crippen molar-refractivity contribution in [1.29, 1.82) is 0 Å². The van der Waals surface area contributed by atoms with Crippen molar-refractivity contribution in [2.24, 2.45) is 0 Å². The Balaban J connectivity index is 2.49. The van der Waals surface area contributed by atoms with E-state index in [4.69, 9.17) is 5.11 Å². The van der Waals surface area contributed by atoms with Gasteiger partial charge in [-0.25, -0.2) is 9.48 Å². The van der Waals surface area contributed by atoms with Gasteiger partial charge in [0.25, 0.3) is 5.69 Å². The second-order valence-corrected chi connectivity index (χ2v) is 3.76. The van der Waals surface area contributed by atoms with Crippen LogP contribution in [0.5, 0.6) is 0 Å². The highest BCUT2D eigenvalue weighted by atomic mass is 16.6. The molecule has 0 bridgehead atoms. The van der Waals surface area contributed by atoms with Crippen molar-refractivity contribution < 1.29 is 14.8 Å². The van der Waals surface area contributed by atoms with E-state index in [1.807, 2.05) is 0 Å². The van der Waals surface area contributed by atoms with Crippen LogP contribution in [0.1, 0.15) is 15.9 Å². The molecule has 0 atom stereocenters. The summed E-state index contributed by atoms with van der Waals surface area (Å²) < 4.78 is 1.30. The van der Waals surface area contributed by atoms with Crippen LogP contribution in [0, 0.1) is 17.0 Å². The molecule has 0 aliphatic rings. The van der Waals surface area contributed by atoms with E-state index in [2.05, 4.69) is 5.10 Å². The minimum atomic E-state index is -1.09. The summed E-state index contributed by atoms with van der Waals surface area (Å²) in [5.41, 5.74) is 1.12. The first-order chi connectivity index (χ1) is 8.47. The van der Waals surface area contributed by atoms with E-state index in [-0.39, 0.29) is 11.3 Å². The molecule has 0 aliphatic carbocycles. The van der Waals surface area contributed by atoms with E-state index >= 15 is 0 Å². The van der Waals surface area contributed by atoms with Gasteiger partial charge in [0.05, 0.1) is 22.4 Å². The Bertz CT molecular complexity index is 633. The van der Waals surface area contributed by atoms with Crippen LogP contribution in [0.2, 0.25) is 0 Å². The van der Waals surface area contributed by atoms with Crippen molar-refractivity contribution in [3.8, 4) is 5.69 Å². The van der Waals surface area contributed by atoms with E-state index in [0.29, 0.717) is 11.3 Å². The highest BCUT2D eigenvalue weighted by Gasteiger charge is 2.11. The molecule has 92 valence electrons. The molecule has 0 amide bonds. The number of nitro groups is 1. The van der Waals surface area contributed by atoms with Crippen molar-refractivity contribution in [2.75, 3.05) is 0 Å². The van der Waals surface area contributed by atoms with Crippen molar-refractivity contribution in [3.05, 3.63) is 51.8 Å². The zero-order valence-electron chi connectivity index (χ0n) is 9.40. The monoisotopic (exact) mass is 247 g/mol. The first kappa shape index (κ1) is 11.8. The molecule has 0 saturated heterocycles. The van der Waals surface area contributed by atoms with Gasteiger partial charge in [-0.2, -0.15) is 5.10 Å². The maximum atomic E-state index is 10.7. The minimum Gasteiger partial charge on any atom is -0.478 e. The van der Waals surface area contributed by atoms with Crippen LogP contribution in [-0.4, -0.2) is 25.8 Å². The Morgan fingerprint density at radius 3 is 2.72 bits per heavy atom. The van der Waals surface area contributed by atoms with Gasteiger partial charge < -0.3 is 5.11 Å². The Hall–Kier alpha value is -2.70. The summed E-state index contributed by atoms with van der Waals surface area (Å²) in [5.74, 6) is -1.09. The Morgan fingerprint density at radius 1 is 1.44 bits per heavy atom. The van der Waals surface area contributed by atoms with E-state index in [9.17, 15) is 14.9 Å². The predicted molar refractivity (Wildman–Crippen MR) is 61.9 cm³/mol. The molecule has 0 spiro atoms. The number of benzene rings is 1. The number of nitrogens with zero attached hydrogens (tertiary/aromatic N) is 3. The van der Waals surface area contributed by atoms with Gasteiger partial charge in [-0.15, -0.1) is 0 Å². The third-order valence-electron chi connectivity index (χ3n) is 2.35. The number of aromatic nitrogens is 2. The number of aromatic carboxylic acids is 1. The second-order valence-electron chi connectivity index (χ2n) is 3.76. The van der Waals surface area contributed by atoms with Crippen LogP contribution in [-0.2, 0) is 0 Å². The third kappa shape index (κ3) is 2.19. The van der Waals surface area contributed by atoms with Gasteiger partial charge in [0.15, 0.2) is 0 Å². The van der Waals surface area contributed by atoms with E-state index in [0.717, 1.165) is 0 Å². The summed E-state index contributed by atoms with van der Waals surface area (Å²) in [5, 5.41) is 23.4. The minimum absolute atomic E-state index is 0.0270. The lowest BCUT2D eigenvalue weighted by molar-refractivity contribution is -0.384. The molecular weight excluding hydrogens is 238 g/mol. The number of carboxylic acids is 1. The number of aryl methyl sites for hydroxylation is 1. The molecule has 7 heteroatoms. The number of nitro benzene ring substituents is 1. The molecule has 1 aromatic heterocycles. The average Bonchev–Trinajstić information content (AvgIpc) is 2.77. The first-order valence-electron chi connectivity index (χ1n) is 5.02. The summed E-state index contributed by atoms with van der Waals surface area (Å²) in [6.07, 6.45) is 2.50. The zero-order valence-corrected chi connectivity index (χ0v) is 9.40. The number of hydrogen-bond acceptors (Lipinski definition) is 4. The van der Waals surface area contributed by atoms with E-state index in [1.54, 1.807) is 13.0 Å². The normalized spacial score (nSPS) is 10.3. The van der Waals surface area contributed by atoms with Crippen LogP contribution >= 0.6 is 0 Å². The maximum absolute atomic E-state index is 10.7. The third-order valence-corrected chi connectivity index (χ3v) is 2.35. The molecule has 1 heterocycles. The number of carboxylic acid groups (broad SMARTS) is 1. The van der Waals surface area contributed by atoms with Crippen LogP contribution in [0.25, 0.3) is 5.69 Å². The smallest absolute Gasteiger partial charge is 0.338 e. The molecule has 18 heavy (non-hydrogen) atoms. The fourth-order valence-corrected chi connectivity index (χ4v) is 1.56. The second kappa shape index (κ2) is 4.28. The van der Waals surface area contributed by atoms with Crippen molar-refractivity contribution in [2.45, 2.75) is 6.92 Å². The molecular formula is C11H9N3O4. The van der Waals surface area contributed by atoms with Gasteiger partial charge in [-0.05, 0) is 18.6 Å². The van der Waals surface area contributed by atoms with E-state index < -0.39 is 10.9 Å². The van der Waals surface area contributed by atoms with Crippen LogP contribution in [0.4, 0.5) is 5.69 Å². The number of rotatable bonds is 3. The fourth-order valence-electron chi connectivity index (χ4n) is 1.56. The summed E-state index contributed by atoms with van der Waals surface area (Å²) in [6, 6.07) is 4.46. The Labute approximate surface area is 101 Å². The molecule has 0 unspecified atom stereocenters. The first-order valence-corrected chi connectivity index (χ1v) is 5.02. The summed E-state index contributed by atoms with van der Waals surface area (Å²) >= 11 is 0. The van der Waals surface area contributed by atoms with Crippen LogP contribution < -0.4 is 0 Å². The predicted octanol–water partition coefficient (Wildman–Crippen LogP) is 1.79. The van der Waals surface area contributed by atoms with Gasteiger partial charge in [0.2, 0.25) is 0 Å². The lowest BCUT2D eigenvalue weighted by atomic mass is 10.2. The summed E-state index contributed by atoms with van der Waals surface area (Å²) in [6.45, 7) is 1.72. The zero-order chi connectivity index (χ0) is 13.3. The van der Waals surface area contributed by atoms with Gasteiger partial charge in [-0.3, -0.25) is 10.1 Å². The van der Waals surface area contributed by atoms with Gasteiger partial charge in [0.1, 0.15) is 0 Å². The highest BCUT2D eigenvalue weighted by Crippen LogP contribution is 2.19.